The van der Waals surface area contributed by atoms with Crippen LogP contribution in [-0.4, -0.2) is 42.0 Å². The van der Waals surface area contributed by atoms with Gasteiger partial charge in [0.25, 0.3) is 0 Å². The first-order valence-electron chi connectivity index (χ1n) is 5.45. The number of aryl methyl sites for hydroxylation is 1. The van der Waals surface area contributed by atoms with Crippen molar-refractivity contribution in [2.45, 2.75) is 20.0 Å². The number of rotatable bonds is 5. The fraction of sp³-hybridized carbons (Fsp3) is 0.462. The number of aliphatic hydroxyl groups excluding tert-OH is 1. The van der Waals surface area contributed by atoms with E-state index in [-0.39, 0.29) is 5.78 Å². The first kappa shape index (κ1) is 12.9. The summed E-state index contributed by atoms with van der Waals surface area (Å²) in [5.74, 6) is 0.0897. The highest BCUT2D eigenvalue weighted by Gasteiger charge is 2.10. The Bertz CT molecular complexity index is 361. The van der Waals surface area contributed by atoms with Crippen LogP contribution in [0.15, 0.2) is 24.3 Å². The van der Waals surface area contributed by atoms with E-state index in [0.29, 0.717) is 13.1 Å². The summed E-state index contributed by atoms with van der Waals surface area (Å²) in [6.45, 7) is 4.54. The summed E-state index contributed by atoms with van der Waals surface area (Å²) >= 11 is 0. The van der Waals surface area contributed by atoms with Gasteiger partial charge in [-0.05, 0) is 27.0 Å². The minimum absolute atomic E-state index is 0.0897. The van der Waals surface area contributed by atoms with Crippen LogP contribution in [0.3, 0.4) is 0 Å². The maximum absolute atomic E-state index is 11.9. The van der Waals surface area contributed by atoms with Crippen LogP contribution in [0.25, 0.3) is 0 Å². The van der Waals surface area contributed by atoms with E-state index in [2.05, 4.69) is 0 Å². The highest BCUT2D eigenvalue weighted by Crippen LogP contribution is 2.05. The van der Waals surface area contributed by atoms with E-state index in [4.69, 9.17) is 0 Å². The number of benzene rings is 1. The van der Waals surface area contributed by atoms with Crippen molar-refractivity contribution >= 4 is 5.78 Å². The summed E-state index contributed by atoms with van der Waals surface area (Å²) in [7, 11) is 1.83. The highest BCUT2D eigenvalue weighted by atomic mass is 16.3. The van der Waals surface area contributed by atoms with Crippen molar-refractivity contribution in [1.29, 1.82) is 0 Å². The minimum atomic E-state index is -0.407. The molecule has 0 saturated carbocycles. The SMILES string of the molecule is Cc1cccc(C(=O)CN(C)CC(C)O)c1. The lowest BCUT2D eigenvalue weighted by Gasteiger charge is -2.17. The molecular weight excluding hydrogens is 202 g/mol. The van der Waals surface area contributed by atoms with Crippen LogP contribution in [0.1, 0.15) is 22.8 Å². The minimum Gasteiger partial charge on any atom is -0.392 e. The second-order valence-corrected chi connectivity index (χ2v) is 4.34. The molecule has 0 heterocycles. The van der Waals surface area contributed by atoms with Gasteiger partial charge in [-0.3, -0.25) is 9.69 Å². The zero-order chi connectivity index (χ0) is 12.1. The third kappa shape index (κ3) is 4.13. The van der Waals surface area contributed by atoms with Gasteiger partial charge in [-0.15, -0.1) is 0 Å². The average Bonchev–Trinajstić information content (AvgIpc) is 2.16. The average molecular weight is 221 g/mol. The van der Waals surface area contributed by atoms with Gasteiger partial charge < -0.3 is 5.11 Å². The van der Waals surface area contributed by atoms with Crippen molar-refractivity contribution in [3.05, 3.63) is 35.4 Å². The number of aliphatic hydroxyl groups is 1. The zero-order valence-electron chi connectivity index (χ0n) is 10.1. The summed E-state index contributed by atoms with van der Waals surface area (Å²) in [4.78, 5) is 13.7. The van der Waals surface area contributed by atoms with E-state index in [1.165, 1.54) is 0 Å². The van der Waals surface area contributed by atoms with Crippen molar-refractivity contribution in [2.24, 2.45) is 0 Å². The maximum atomic E-state index is 11.9. The van der Waals surface area contributed by atoms with Gasteiger partial charge in [0.1, 0.15) is 0 Å². The Balaban J connectivity index is 2.59. The normalized spacial score (nSPS) is 12.8. The molecule has 0 spiro atoms. The van der Waals surface area contributed by atoms with Gasteiger partial charge in [0.2, 0.25) is 0 Å². The first-order chi connectivity index (χ1) is 7.49. The Hall–Kier alpha value is -1.19. The van der Waals surface area contributed by atoms with Gasteiger partial charge in [-0.2, -0.15) is 0 Å². The molecular formula is C13H19NO2. The largest absolute Gasteiger partial charge is 0.392 e. The van der Waals surface area contributed by atoms with E-state index in [1.54, 1.807) is 6.92 Å². The molecule has 0 radical (unpaired) electrons. The molecule has 0 amide bonds. The van der Waals surface area contributed by atoms with Crippen LogP contribution >= 0.6 is 0 Å². The maximum Gasteiger partial charge on any atom is 0.176 e. The van der Waals surface area contributed by atoms with Gasteiger partial charge >= 0.3 is 0 Å². The Labute approximate surface area is 96.7 Å². The number of hydrogen-bond acceptors (Lipinski definition) is 3. The topological polar surface area (TPSA) is 40.5 Å². The standard InChI is InChI=1S/C13H19NO2/c1-10-5-4-6-12(7-10)13(16)9-14(3)8-11(2)15/h4-7,11,15H,8-9H2,1-3H3. The van der Waals surface area contributed by atoms with E-state index in [9.17, 15) is 9.90 Å². The lowest BCUT2D eigenvalue weighted by atomic mass is 10.1. The number of carbonyl (C=O) groups excluding carboxylic acids is 1. The molecule has 0 aromatic heterocycles. The van der Waals surface area contributed by atoms with Crippen molar-refractivity contribution < 1.29 is 9.90 Å². The van der Waals surface area contributed by atoms with Crippen LogP contribution < -0.4 is 0 Å². The van der Waals surface area contributed by atoms with Crippen molar-refractivity contribution in [2.75, 3.05) is 20.1 Å². The van der Waals surface area contributed by atoms with Gasteiger partial charge in [-0.25, -0.2) is 0 Å². The molecule has 16 heavy (non-hydrogen) atoms. The van der Waals surface area contributed by atoms with Crippen molar-refractivity contribution in [3.8, 4) is 0 Å². The Morgan fingerprint density at radius 3 is 2.75 bits per heavy atom. The molecule has 1 aromatic rings. The molecule has 1 N–H and O–H groups in total. The van der Waals surface area contributed by atoms with Crippen molar-refractivity contribution in [1.82, 2.24) is 4.90 Å². The summed E-state index contributed by atoms with van der Waals surface area (Å²) in [5.41, 5.74) is 1.82. The summed E-state index contributed by atoms with van der Waals surface area (Å²) in [6.07, 6.45) is -0.407. The van der Waals surface area contributed by atoms with Crippen LogP contribution in [0.4, 0.5) is 0 Å². The Kier molecular flexibility index (Phi) is 4.65. The molecule has 88 valence electrons. The second kappa shape index (κ2) is 5.77. The molecule has 0 bridgehead atoms. The predicted molar refractivity (Wildman–Crippen MR) is 64.7 cm³/mol. The molecule has 0 aliphatic heterocycles. The Morgan fingerprint density at radius 1 is 1.50 bits per heavy atom. The van der Waals surface area contributed by atoms with Crippen molar-refractivity contribution in [3.63, 3.8) is 0 Å². The Morgan fingerprint density at radius 2 is 2.19 bits per heavy atom. The third-order valence-corrected chi connectivity index (χ3v) is 2.33. The molecule has 0 fully saturated rings. The van der Waals surface area contributed by atoms with E-state index < -0.39 is 6.10 Å². The van der Waals surface area contributed by atoms with E-state index >= 15 is 0 Å². The van der Waals surface area contributed by atoms with E-state index in [0.717, 1.165) is 11.1 Å². The monoisotopic (exact) mass is 221 g/mol. The van der Waals surface area contributed by atoms with E-state index in [1.807, 2.05) is 43.1 Å². The van der Waals surface area contributed by atoms with Gasteiger partial charge in [-0.1, -0.05) is 23.8 Å². The van der Waals surface area contributed by atoms with Crippen LogP contribution in [0, 0.1) is 6.92 Å². The number of hydrogen-bond donors (Lipinski definition) is 1. The molecule has 0 saturated heterocycles. The van der Waals surface area contributed by atoms with Crippen LogP contribution in [0.2, 0.25) is 0 Å². The zero-order valence-corrected chi connectivity index (χ0v) is 10.1. The lowest BCUT2D eigenvalue weighted by Crippen LogP contribution is -2.32. The number of likely N-dealkylation sites (N-methyl/N-ethyl adjacent to an activating group) is 1. The molecule has 3 nitrogen and oxygen atoms in total. The number of ketones is 1. The van der Waals surface area contributed by atoms with Gasteiger partial charge in [0.05, 0.1) is 12.6 Å². The lowest BCUT2D eigenvalue weighted by molar-refractivity contribution is 0.0901. The summed E-state index contributed by atoms with van der Waals surface area (Å²) < 4.78 is 0. The third-order valence-electron chi connectivity index (χ3n) is 2.33. The van der Waals surface area contributed by atoms with Gasteiger partial charge in [0, 0.05) is 12.1 Å². The molecule has 0 aliphatic carbocycles. The fourth-order valence-electron chi connectivity index (χ4n) is 1.67. The smallest absolute Gasteiger partial charge is 0.176 e. The number of Topliss-reactive ketones (excluding diaryl/α,β-unsaturated/α-hetero) is 1. The quantitative estimate of drug-likeness (QED) is 0.766. The number of nitrogens with zero attached hydrogens (tertiary/aromatic N) is 1. The second-order valence-electron chi connectivity index (χ2n) is 4.34. The molecule has 1 rings (SSSR count). The molecule has 0 aliphatic rings. The molecule has 1 unspecified atom stereocenters. The molecule has 1 aromatic carbocycles. The highest BCUT2D eigenvalue weighted by molar-refractivity contribution is 5.97. The summed E-state index contributed by atoms with van der Waals surface area (Å²) in [5, 5.41) is 9.20. The summed E-state index contributed by atoms with van der Waals surface area (Å²) in [6, 6.07) is 7.57. The molecule has 1 atom stereocenters. The predicted octanol–water partition coefficient (Wildman–Crippen LogP) is 1.49. The van der Waals surface area contributed by atoms with Crippen LogP contribution in [-0.2, 0) is 0 Å². The van der Waals surface area contributed by atoms with Gasteiger partial charge in [0.15, 0.2) is 5.78 Å². The fourth-order valence-corrected chi connectivity index (χ4v) is 1.67. The van der Waals surface area contributed by atoms with Crippen LogP contribution in [0.5, 0.6) is 0 Å². The first-order valence-corrected chi connectivity index (χ1v) is 5.45. The number of carbonyl (C=O) groups is 1. The molecule has 3 heteroatoms.